The second-order valence-electron chi connectivity index (χ2n) is 11.9. The van der Waals surface area contributed by atoms with Gasteiger partial charge in [-0.1, -0.05) is 20.3 Å². The minimum atomic E-state index is -3.99. The van der Waals surface area contributed by atoms with Crippen molar-refractivity contribution in [2.24, 2.45) is 11.8 Å². The number of nitrogens with one attached hydrogen (secondary N) is 3. The summed E-state index contributed by atoms with van der Waals surface area (Å²) in [5.74, 6) is 3.22. The van der Waals surface area contributed by atoms with Gasteiger partial charge in [0.2, 0.25) is 5.95 Å². The summed E-state index contributed by atoms with van der Waals surface area (Å²) < 4.78 is 11.3. The lowest BCUT2D eigenvalue weighted by atomic mass is 9.82. The number of piperazine rings is 1. The summed E-state index contributed by atoms with van der Waals surface area (Å²) in [6.07, 6.45) is 9.78. The van der Waals surface area contributed by atoms with Gasteiger partial charge in [0.1, 0.15) is 11.6 Å². The van der Waals surface area contributed by atoms with Crippen LogP contribution in [0.3, 0.4) is 0 Å². The zero-order valence-electron chi connectivity index (χ0n) is 25.0. The first-order valence-electron chi connectivity index (χ1n) is 15.5. The lowest BCUT2D eigenvalue weighted by Crippen LogP contribution is -2.52. The van der Waals surface area contributed by atoms with Gasteiger partial charge in [0, 0.05) is 50.9 Å². The van der Waals surface area contributed by atoms with Crippen LogP contribution in [0.25, 0.3) is 0 Å². The van der Waals surface area contributed by atoms with Gasteiger partial charge in [-0.15, -0.1) is 0 Å². The molecule has 1 saturated carbocycles. The molecule has 1 unspecified atom stereocenters. The van der Waals surface area contributed by atoms with Crippen LogP contribution in [0.15, 0.2) is 6.07 Å². The molecular formula is C28H55N8O3P. The quantitative estimate of drug-likeness (QED) is 0.119. The van der Waals surface area contributed by atoms with E-state index in [-0.39, 0.29) is 12.2 Å². The first kappa shape index (κ1) is 33.0. The number of hydrogen-bond donors (Lipinski definition) is 6. The number of rotatable bonds is 17. The van der Waals surface area contributed by atoms with E-state index in [4.69, 9.17) is 10.7 Å². The zero-order valence-corrected chi connectivity index (χ0v) is 25.9. The summed E-state index contributed by atoms with van der Waals surface area (Å²) in [6.45, 7) is 13.4. The molecule has 1 saturated heterocycles. The van der Waals surface area contributed by atoms with Crippen LogP contribution in [0, 0.1) is 11.8 Å². The van der Waals surface area contributed by atoms with Crippen molar-refractivity contribution < 1.29 is 14.4 Å². The van der Waals surface area contributed by atoms with Gasteiger partial charge in [0.25, 0.3) is 0 Å². The smallest absolute Gasteiger partial charge is 0.326 e. The zero-order chi connectivity index (χ0) is 29.0. The molecule has 1 aromatic rings. The van der Waals surface area contributed by atoms with Gasteiger partial charge < -0.3 is 36.4 Å². The lowest BCUT2D eigenvalue weighted by Gasteiger charge is -2.40. The predicted molar refractivity (Wildman–Crippen MR) is 165 cm³/mol. The monoisotopic (exact) mass is 582 g/mol. The second kappa shape index (κ2) is 16.8. The Morgan fingerprint density at radius 2 is 1.82 bits per heavy atom. The first-order chi connectivity index (χ1) is 19.2. The van der Waals surface area contributed by atoms with Crippen molar-refractivity contribution in [2.45, 2.75) is 84.2 Å². The minimum absolute atomic E-state index is 0.110. The average molecular weight is 583 g/mol. The SMILES string of the molecule is CCCC(CC)NCCCNC[C@H]1CC[C@H](CNc2nc(N)cc(N3CCN(CCP(=O)(O)O)[C@H](C)C3)n2)CC1. The molecule has 2 atom stereocenters. The number of hydrogen-bond acceptors (Lipinski definition) is 9. The van der Waals surface area contributed by atoms with Crippen molar-refractivity contribution in [3.63, 3.8) is 0 Å². The summed E-state index contributed by atoms with van der Waals surface area (Å²) in [5.41, 5.74) is 6.14. The maximum atomic E-state index is 11.3. The van der Waals surface area contributed by atoms with E-state index in [0.29, 0.717) is 30.3 Å². The van der Waals surface area contributed by atoms with Gasteiger partial charge in [-0.05, 0) is 83.3 Å². The highest BCUT2D eigenvalue weighted by Gasteiger charge is 2.27. The van der Waals surface area contributed by atoms with Gasteiger partial charge in [-0.2, -0.15) is 9.97 Å². The Bertz CT molecular complexity index is 912. The van der Waals surface area contributed by atoms with E-state index in [9.17, 15) is 14.4 Å². The highest BCUT2D eigenvalue weighted by Crippen LogP contribution is 2.34. The molecule has 1 aliphatic heterocycles. The standard InChI is InChI=1S/C28H55N8O3P/c1-4-7-25(5-2)31-13-6-12-30-19-23-8-10-24(11-9-23)20-32-28-33-26(29)18-27(34-28)36-15-14-35(22(3)21-36)16-17-40(37,38)39/h18,22-25,30-31H,4-17,19-21H2,1-3H3,(H2,37,38,39)(H3,29,32,33,34)/t22-,23-,24-,25?/m1/s1. The van der Waals surface area contributed by atoms with Crippen LogP contribution in [0.1, 0.15) is 72.1 Å². The van der Waals surface area contributed by atoms with Crippen LogP contribution in [0.2, 0.25) is 0 Å². The molecule has 11 nitrogen and oxygen atoms in total. The molecule has 230 valence electrons. The van der Waals surface area contributed by atoms with Crippen LogP contribution in [0.4, 0.5) is 17.6 Å². The maximum absolute atomic E-state index is 11.3. The third kappa shape index (κ3) is 11.8. The molecule has 0 spiro atoms. The molecule has 2 heterocycles. The van der Waals surface area contributed by atoms with Gasteiger partial charge in [0.05, 0.1) is 6.16 Å². The van der Waals surface area contributed by atoms with E-state index in [2.05, 4.69) is 51.5 Å². The fourth-order valence-electron chi connectivity index (χ4n) is 5.99. The molecule has 1 aliphatic carbocycles. The van der Waals surface area contributed by atoms with E-state index in [1.165, 1.54) is 51.4 Å². The largest absolute Gasteiger partial charge is 0.383 e. The Morgan fingerprint density at radius 3 is 2.48 bits per heavy atom. The summed E-state index contributed by atoms with van der Waals surface area (Å²) in [5, 5.41) is 10.8. The Labute approximate surface area is 241 Å². The van der Waals surface area contributed by atoms with Crippen LogP contribution < -0.4 is 26.6 Å². The van der Waals surface area contributed by atoms with E-state index in [1.54, 1.807) is 0 Å². The fourth-order valence-corrected chi connectivity index (χ4v) is 6.51. The van der Waals surface area contributed by atoms with Crippen molar-refractivity contribution in [1.29, 1.82) is 0 Å². The molecule has 2 aliphatic rings. The van der Waals surface area contributed by atoms with E-state index >= 15 is 0 Å². The first-order valence-corrected chi connectivity index (χ1v) is 17.3. The fraction of sp³-hybridized carbons (Fsp3) is 0.857. The number of nitrogens with two attached hydrogens (primary N) is 1. The molecule has 0 bridgehead atoms. The van der Waals surface area contributed by atoms with Gasteiger partial charge in [-0.25, -0.2) is 0 Å². The maximum Gasteiger partial charge on any atom is 0.326 e. The molecule has 1 aromatic heterocycles. The van der Waals surface area contributed by atoms with Crippen LogP contribution >= 0.6 is 7.60 Å². The van der Waals surface area contributed by atoms with Crippen LogP contribution in [0.5, 0.6) is 0 Å². The van der Waals surface area contributed by atoms with Crippen LogP contribution in [-0.4, -0.2) is 95.3 Å². The summed E-state index contributed by atoms with van der Waals surface area (Å²) in [7, 11) is -3.99. The molecule has 0 amide bonds. The second-order valence-corrected chi connectivity index (χ2v) is 13.6. The summed E-state index contributed by atoms with van der Waals surface area (Å²) >= 11 is 0. The van der Waals surface area contributed by atoms with Crippen molar-refractivity contribution in [3.8, 4) is 0 Å². The molecule has 40 heavy (non-hydrogen) atoms. The number of nitrogens with zero attached hydrogens (tertiary/aromatic N) is 4. The molecular weight excluding hydrogens is 527 g/mol. The highest BCUT2D eigenvalue weighted by atomic mass is 31.2. The molecule has 0 aromatic carbocycles. The normalized spacial score (nSPS) is 23.3. The van der Waals surface area contributed by atoms with Crippen molar-refractivity contribution >= 4 is 25.2 Å². The number of nitrogen functional groups attached to an aromatic ring is 1. The van der Waals surface area contributed by atoms with Gasteiger partial charge >= 0.3 is 7.60 Å². The number of anilines is 3. The Kier molecular flexibility index (Phi) is 13.9. The Hall–Kier alpha value is -1.49. The average Bonchev–Trinajstić information content (AvgIpc) is 2.92. The summed E-state index contributed by atoms with van der Waals surface area (Å²) in [4.78, 5) is 31.9. The Balaban J connectivity index is 1.34. The molecule has 3 rings (SSSR count). The molecule has 2 fully saturated rings. The predicted octanol–water partition coefficient (Wildman–Crippen LogP) is 3.11. The highest BCUT2D eigenvalue weighted by molar-refractivity contribution is 7.51. The third-order valence-electron chi connectivity index (χ3n) is 8.54. The van der Waals surface area contributed by atoms with E-state index < -0.39 is 7.60 Å². The van der Waals surface area contributed by atoms with Gasteiger partial charge in [-0.3, -0.25) is 9.46 Å². The third-order valence-corrected chi connectivity index (χ3v) is 9.32. The molecule has 7 N–H and O–H groups in total. The van der Waals surface area contributed by atoms with E-state index in [1.807, 2.05) is 6.07 Å². The number of aromatic nitrogens is 2. The lowest BCUT2D eigenvalue weighted by molar-refractivity contribution is 0.196. The van der Waals surface area contributed by atoms with Gasteiger partial charge in [0.15, 0.2) is 0 Å². The Morgan fingerprint density at radius 1 is 1.10 bits per heavy atom. The van der Waals surface area contributed by atoms with Crippen molar-refractivity contribution in [1.82, 2.24) is 25.5 Å². The summed E-state index contributed by atoms with van der Waals surface area (Å²) in [6, 6.07) is 2.64. The topological polar surface area (TPSA) is 152 Å². The van der Waals surface area contributed by atoms with Crippen molar-refractivity contribution in [2.75, 3.05) is 74.5 Å². The molecule has 12 heteroatoms. The van der Waals surface area contributed by atoms with E-state index in [0.717, 1.165) is 57.5 Å². The van der Waals surface area contributed by atoms with Crippen LogP contribution in [-0.2, 0) is 4.57 Å². The minimum Gasteiger partial charge on any atom is -0.383 e. The van der Waals surface area contributed by atoms with Crippen molar-refractivity contribution in [3.05, 3.63) is 6.07 Å². The molecule has 0 radical (unpaired) electrons.